The van der Waals surface area contributed by atoms with Crippen LogP contribution in [0, 0.1) is 32.1 Å². The highest BCUT2D eigenvalue weighted by Gasteiger charge is 2.14. The highest BCUT2D eigenvalue weighted by Crippen LogP contribution is 2.24. The number of benzene rings is 1. The number of nitriles is 1. The number of thiazole rings is 1. The Morgan fingerprint density at radius 2 is 1.97 bits per heavy atom. The van der Waals surface area contributed by atoms with E-state index in [9.17, 15) is 9.59 Å². The number of H-pyrrole nitrogens is 1. The molecule has 2 heterocycles. The zero-order valence-electron chi connectivity index (χ0n) is 16.5. The van der Waals surface area contributed by atoms with Gasteiger partial charge in [-0.25, -0.2) is 4.98 Å². The minimum absolute atomic E-state index is 0.0880. The van der Waals surface area contributed by atoms with Gasteiger partial charge in [0.1, 0.15) is 23.2 Å². The van der Waals surface area contributed by atoms with Crippen molar-refractivity contribution in [3.8, 4) is 16.6 Å². The molecule has 0 aliphatic heterocycles. The summed E-state index contributed by atoms with van der Waals surface area (Å²) in [6.07, 6.45) is 0.557. The predicted molar refractivity (Wildman–Crippen MR) is 112 cm³/mol. The molecule has 1 N–H and O–H groups in total. The second-order valence-electron chi connectivity index (χ2n) is 6.84. The molecular formula is C22H21N3O3S. The second kappa shape index (κ2) is 8.84. The van der Waals surface area contributed by atoms with Crippen molar-refractivity contribution in [1.82, 2.24) is 9.97 Å². The van der Waals surface area contributed by atoms with Crippen LogP contribution in [-0.4, -0.2) is 15.9 Å². The van der Waals surface area contributed by atoms with Gasteiger partial charge in [-0.1, -0.05) is 29.8 Å². The number of carbonyl (C=O) groups excluding carboxylic acids is 1. The highest BCUT2D eigenvalue weighted by atomic mass is 32.1. The summed E-state index contributed by atoms with van der Waals surface area (Å²) < 4.78 is 5.35. The first-order chi connectivity index (χ1) is 13.9. The lowest BCUT2D eigenvalue weighted by molar-refractivity contribution is -0.145. The van der Waals surface area contributed by atoms with Gasteiger partial charge >= 0.3 is 5.97 Å². The lowest BCUT2D eigenvalue weighted by atomic mass is 9.99. The quantitative estimate of drug-likeness (QED) is 0.624. The number of rotatable bonds is 6. The fraction of sp³-hybridized carbons (Fsp3) is 0.273. The molecule has 0 atom stereocenters. The van der Waals surface area contributed by atoms with Crippen molar-refractivity contribution in [2.24, 2.45) is 0 Å². The predicted octanol–water partition coefficient (Wildman–Crippen LogP) is 3.97. The molecule has 0 fully saturated rings. The van der Waals surface area contributed by atoms with Crippen molar-refractivity contribution in [2.45, 2.75) is 40.2 Å². The molecule has 0 aliphatic rings. The van der Waals surface area contributed by atoms with Crippen LogP contribution in [0.15, 0.2) is 34.4 Å². The molecule has 0 saturated heterocycles. The molecule has 2 aromatic heterocycles. The fourth-order valence-electron chi connectivity index (χ4n) is 3.08. The Labute approximate surface area is 172 Å². The molecule has 0 amide bonds. The molecule has 7 heteroatoms. The minimum atomic E-state index is -0.401. The maximum Gasteiger partial charge on any atom is 0.306 e. The Hall–Kier alpha value is -3.24. The standard InChI is InChI=1S/C22H21N3O3S/c1-13-4-6-16(7-5-13)22-25-17(12-29-22)11-28-20(26)9-8-18-14(2)19(10-23)21(27)24-15(18)3/h4-7,12H,8-9,11H2,1-3H3,(H,24,27). The molecule has 148 valence electrons. The molecule has 0 saturated carbocycles. The normalized spacial score (nSPS) is 10.6. The third-order valence-electron chi connectivity index (χ3n) is 4.73. The van der Waals surface area contributed by atoms with Crippen molar-refractivity contribution >= 4 is 17.3 Å². The van der Waals surface area contributed by atoms with E-state index in [4.69, 9.17) is 10.00 Å². The number of ether oxygens (including phenoxy) is 1. The number of hydrogen-bond donors (Lipinski definition) is 1. The molecule has 3 rings (SSSR count). The van der Waals surface area contributed by atoms with Crippen LogP contribution in [0.2, 0.25) is 0 Å². The third-order valence-corrected chi connectivity index (χ3v) is 5.67. The van der Waals surface area contributed by atoms with Crippen LogP contribution in [-0.2, 0) is 22.6 Å². The van der Waals surface area contributed by atoms with E-state index in [1.165, 1.54) is 16.9 Å². The van der Waals surface area contributed by atoms with Crippen LogP contribution in [0.1, 0.15) is 40.1 Å². The summed E-state index contributed by atoms with van der Waals surface area (Å²) in [6, 6.07) is 10.0. The molecule has 0 spiro atoms. The number of hydrogen-bond acceptors (Lipinski definition) is 6. The van der Waals surface area contributed by atoms with Crippen LogP contribution < -0.4 is 5.56 Å². The molecule has 0 bridgehead atoms. The van der Waals surface area contributed by atoms with Gasteiger partial charge in [0.25, 0.3) is 5.56 Å². The average Bonchev–Trinajstić information content (AvgIpc) is 3.16. The number of carbonyl (C=O) groups is 1. The molecule has 0 unspecified atom stereocenters. The van der Waals surface area contributed by atoms with E-state index in [1.807, 2.05) is 42.6 Å². The lowest BCUT2D eigenvalue weighted by Gasteiger charge is -2.10. The van der Waals surface area contributed by atoms with Crippen LogP contribution in [0.3, 0.4) is 0 Å². The highest BCUT2D eigenvalue weighted by molar-refractivity contribution is 7.13. The molecular weight excluding hydrogens is 386 g/mol. The molecule has 3 aromatic rings. The maximum absolute atomic E-state index is 12.2. The molecule has 29 heavy (non-hydrogen) atoms. The first kappa shape index (κ1) is 20.5. The Bertz CT molecular complexity index is 1140. The third kappa shape index (κ3) is 4.79. The van der Waals surface area contributed by atoms with Gasteiger partial charge in [0, 0.05) is 23.1 Å². The minimum Gasteiger partial charge on any atom is -0.459 e. The zero-order chi connectivity index (χ0) is 21.0. The van der Waals surface area contributed by atoms with Crippen LogP contribution >= 0.6 is 11.3 Å². The van der Waals surface area contributed by atoms with E-state index in [0.717, 1.165) is 16.1 Å². The maximum atomic E-state index is 12.2. The van der Waals surface area contributed by atoms with E-state index >= 15 is 0 Å². The van der Waals surface area contributed by atoms with Gasteiger partial charge < -0.3 is 9.72 Å². The number of aromatic amines is 1. The number of esters is 1. The lowest BCUT2D eigenvalue weighted by Crippen LogP contribution is -2.17. The van der Waals surface area contributed by atoms with Gasteiger partial charge in [0.15, 0.2) is 0 Å². The number of aromatic nitrogens is 2. The summed E-state index contributed by atoms with van der Waals surface area (Å²) in [5.74, 6) is -0.349. The van der Waals surface area contributed by atoms with Crippen molar-refractivity contribution in [3.05, 3.63) is 73.6 Å². The van der Waals surface area contributed by atoms with E-state index in [-0.39, 0.29) is 24.6 Å². The fourth-order valence-corrected chi connectivity index (χ4v) is 3.89. The van der Waals surface area contributed by atoms with E-state index < -0.39 is 5.56 Å². The summed E-state index contributed by atoms with van der Waals surface area (Å²) in [5.41, 5.74) is 4.71. The number of aryl methyl sites for hydroxylation is 2. The largest absolute Gasteiger partial charge is 0.459 e. The molecule has 1 aromatic carbocycles. The van der Waals surface area contributed by atoms with Crippen LogP contribution in [0.5, 0.6) is 0 Å². The van der Waals surface area contributed by atoms with Crippen LogP contribution in [0.25, 0.3) is 10.6 Å². The van der Waals surface area contributed by atoms with Crippen molar-refractivity contribution in [3.63, 3.8) is 0 Å². The van der Waals surface area contributed by atoms with Crippen molar-refractivity contribution < 1.29 is 9.53 Å². The first-order valence-corrected chi connectivity index (χ1v) is 10.1. The van der Waals surface area contributed by atoms with Gasteiger partial charge in [0.05, 0.1) is 5.69 Å². The van der Waals surface area contributed by atoms with Gasteiger partial charge in [0.2, 0.25) is 0 Å². The second-order valence-corrected chi connectivity index (χ2v) is 7.70. The average molecular weight is 407 g/mol. The Kier molecular flexibility index (Phi) is 6.25. The monoisotopic (exact) mass is 407 g/mol. The van der Waals surface area contributed by atoms with Gasteiger partial charge in [-0.2, -0.15) is 5.26 Å². The summed E-state index contributed by atoms with van der Waals surface area (Å²) in [4.78, 5) is 31.1. The van der Waals surface area contributed by atoms with Crippen molar-refractivity contribution in [1.29, 1.82) is 5.26 Å². The van der Waals surface area contributed by atoms with E-state index in [2.05, 4.69) is 9.97 Å². The molecule has 0 radical (unpaired) electrons. The Morgan fingerprint density at radius 1 is 1.24 bits per heavy atom. The molecule has 0 aliphatic carbocycles. The SMILES string of the molecule is Cc1ccc(-c2nc(COC(=O)CCc3c(C)[nH]c(=O)c(C#N)c3C)cs2)cc1. The topological polar surface area (TPSA) is 95.8 Å². The van der Waals surface area contributed by atoms with Gasteiger partial charge in [-0.05, 0) is 38.3 Å². The summed E-state index contributed by atoms with van der Waals surface area (Å²) >= 11 is 1.51. The number of nitrogens with zero attached hydrogens (tertiary/aromatic N) is 2. The Morgan fingerprint density at radius 3 is 2.66 bits per heavy atom. The first-order valence-electron chi connectivity index (χ1n) is 9.18. The number of nitrogens with one attached hydrogen (secondary N) is 1. The zero-order valence-corrected chi connectivity index (χ0v) is 17.4. The van der Waals surface area contributed by atoms with Gasteiger partial charge in [-0.15, -0.1) is 11.3 Å². The van der Waals surface area contributed by atoms with Gasteiger partial charge in [-0.3, -0.25) is 9.59 Å². The van der Waals surface area contributed by atoms with E-state index in [0.29, 0.717) is 23.4 Å². The summed E-state index contributed by atoms with van der Waals surface area (Å²) in [5, 5.41) is 11.9. The summed E-state index contributed by atoms with van der Waals surface area (Å²) in [7, 11) is 0. The molecule has 6 nitrogen and oxygen atoms in total. The van der Waals surface area contributed by atoms with Crippen molar-refractivity contribution in [2.75, 3.05) is 0 Å². The summed E-state index contributed by atoms with van der Waals surface area (Å²) in [6.45, 7) is 5.64. The number of pyridine rings is 1. The smallest absolute Gasteiger partial charge is 0.306 e. The van der Waals surface area contributed by atoms with E-state index in [1.54, 1.807) is 13.8 Å². The Balaban J connectivity index is 1.58. The van der Waals surface area contributed by atoms with Crippen LogP contribution in [0.4, 0.5) is 0 Å².